The second kappa shape index (κ2) is 8.81. The van der Waals surface area contributed by atoms with Gasteiger partial charge in [0.25, 0.3) is 0 Å². The van der Waals surface area contributed by atoms with Crippen LogP contribution >= 0.6 is 0 Å². The van der Waals surface area contributed by atoms with Gasteiger partial charge in [0, 0.05) is 50.4 Å². The van der Waals surface area contributed by atoms with Crippen LogP contribution in [0, 0.1) is 0 Å². The number of likely N-dealkylation sites (tertiary alicyclic amines) is 1. The minimum Gasteiger partial charge on any atom is -0.492 e. The van der Waals surface area contributed by atoms with Crippen molar-refractivity contribution in [3.8, 4) is 5.75 Å². The number of ether oxygens (including phenoxy) is 2. The van der Waals surface area contributed by atoms with Gasteiger partial charge in [0.2, 0.25) is 0 Å². The molecule has 1 aromatic rings. The van der Waals surface area contributed by atoms with E-state index in [1.54, 1.807) is 0 Å². The van der Waals surface area contributed by atoms with E-state index in [1.807, 2.05) is 0 Å². The van der Waals surface area contributed by atoms with Crippen LogP contribution in [0.25, 0.3) is 0 Å². The van der Waals surface area contributed by atoms with Gasteiger partial charge in [0.05, 0.1) is 13.2 Å². The first-order valence-electron chi connectivity index (χ1n) is 9.17. The molecule has 134 valence electrons. The molecule has 0 saturated carbocycles. The SMILES string of the molecule is CC1CC(NCc2ccccc2OCCN2CCOCC2)CN1C. The average molecular weight is 333 g/mol. The molecule has 1 N–H and O–H groups in total. The minimum absolute atomic E-state index is 0.575. The van der Waals surface area contributed by atoms with Crippen LogP contribution in [0.2, 0.25) is 0 Å². The van der Waals surface area contributed by atoms with E-state index in [-0.39, 0.29) is 0 Å². The van der Waals surface area contributed by atoms with Crippen LogP contribution in [-0.4, -0.2) is 74.9 Å². The van der Waals surface area contributed by atoms with Crippen molar-refractivity contribution in [3.63, 3.8) is 0 Å². The number of morpholine rings is 1. The Hall–Kier alpha value is -1.14. The van der Waals surface area contributed by atoms with E-state index in [4.69, 9.17) is 9.47 Å². The Bertz CT molecular complexity index is 495. The smallest absolute Gasteiger partial charge is 0.123 e. The van der Waals surface area contributed by atoms with Crippen molar-refractivity contribution in [1.29, 1.82) is 0 Å². The molecule has 3 rings (SSSR count). The van der Waals surface area contributed by atoms with E-state index < -0.39 is 0 Å². The lowest BCUT2D eigenvalue weighted by Gasteiger charge is -2.26. The highest BCUT2D eigenvalue weighted by molar-refractivity contribution is 5.33. The summed E-state index contributed by atoms with van der Waals surface area (Å²) < 4.78 is 11.4. The number of nitrogens with one attached hydrogen (secondary N) is 1. The van der Waals surface area contributed by atoms with Crippen LogP contribution in [0.1, 0.15) is 18.9 Å². The molecule has 0 aromatic heterocycles. The summed E-state index contributed by atoms with van der Waals surface area (Å²) in [7, 11) is 2.20. The first-order valence-corrected chi connectivity index (χ1v) is 9.17. The van der Waals surface area contributed by atoms with E-state index in [1.165, 1.54) is 12.0 Å². The van der Waals surface area contributed by atoms with Gasteiger partial charge in [-0.05, 0) is 26.5 Å². The summed E-state index contributed by atoms with van der Waals surface area (Å²) >= 11 is 0. The summed E-state index contributed by atoms with van der Waals surface area (Å²) in [5.74, 6) is 1.01. The van der Waals surface area contributed by atoms with Gasteiger partial charge in [-0.25, -0.2) is 0 Å². The number of para-hydroxylation sites is 1. The molecule has 0 radical (unpaired) electrons. The molecular weight excluding hydrogens is 302 g/mol. The van der Waals surface area contributed by atoms with Crippen molar-refractivity contribution in [1.82, 2.24) is 15.1 Å². The minimum atomic E-state index is 0.575. The monoisotopic (exact) mass is 333 g/mol. The molecule has 24 heavy (non-hydrogen) atoms. The summed E-state index contributed by atoms with van der Waals surface area (Å²) in [6, 6.07) is 9.64. The zero-order valence-corrected chi connectivity index (χ0v) is 15.0. The van der Waals surface area contributed by atoms with Crippen molar-refractivity contribution in [2.45, 2.75) is 32.0 Å². The maximum Gasteiger partial charge on any atom is 0.123 e. The fraction of sp³-hybridized carbons (Fsp3) is 0.684. The zero-order valence-electron chi connectivity index (χ0n) is 15.0. The van der Waals surface area contributed by atoms with Crippen LogP contribution in [0.5, 0.6) is 5.75 Å². The highest BCUT2D eigenvalue weighted by Gasteiger charge is 2.25. The molecule has 5 heteroatoms. The molecule has 2 saturated heterocycles. The summed E-state index contributed by atoms with van der Waals surface area (Å²) in [4.78, 5) is 4.82. The molecule has 2 aliphatic rings. The van der Waals surface area contributed by atoms with Gasteiger partial charge in [-0.2, -0.15) is 0 Å². The lowest BCUT2D eigenvalue weighted by Crippen LogP contribution is -2.38. The van der Waals surface area contributed by atoms with Gasteiger partial charge in [0.15, 0.2) is 0 Å². The van der Waals surface area contributed by atoms with Gasteiger partial charge in [-0.1, -0.05) is 18.2 Å². The number of nitrogens with zero attached hydrogens (tertiary/aromatic N) is 2. The van der Waals surface area contributed by atoms with Gasteiger partial charge in [0.1, 0.15) is 12.4 Å². The Kier molecular flexibility index (Phi) is 6.49. The van der Waals surface area contributed by atoms with Crippen molar-refractivity contribution in [2.75, 3.05) is 53.0 Å². The predicted molar refractivity (Wildman–Crippen MR) is 96.5 cm³/mol. The van der Waals surface area contributed by atoms with Crippen LogP contribution in [0.4, 0.5) is 0 Å². The van der Waals surface area contributed by atoms with E-state index in [0.717, 1.165) is 58.3 Å². The summed E-state index contributed by atoms with van der Waals surface area (Å²) in [5.41, 5.74) is 1.25. The Morgan fingerprint density at radius 3 is 2.79 bits per heavy atom. The summed E-state index contributed by atoms with van der Waals surface area (Å²) in [6.45, 7) is 9.71. The predicted octanol–water partition coefficient (Wildman–Crippen LogP) is 1.58. The van der Waals surface area contributed by atoms with Crippen molar-refractivity contribution < 1.29 is 9.47 Å². The molecule has 2 aliphatic heterocycles. The van der Waals surface area contributed by atoms with E-state index in [0.29, 0.717) is 12.1 Å². The highest BCUT2D eigenvalue weighted by atomic mass is 16.5. The van der Waals surface area contributed by atoms with Gasteiger partial charge < -0.3 is 19.7 Å². The van der Waals surface area contributed by atoms with Crippen LogP contribution in [0.3, 0.4) is 0 Å². The van der Waals surface area contributed by atoms with Crippen LogP contribution in [-0.2, 0) is 11.3 Å². The third-order valence-electron chi connectivity index (χ3n) is 5.21. The largest absolute Gasteiger partial charge is 0.492 e. The average Bonchev–Trinajstić information content (AvgIpc) is 2.93. The fourth-order valence-corrected chi connectivity index (χ4v) is 3.50. The number of likely N-dealkylation sites (N-methyl/N-ethyl adjacent to an activating group) is 1. The molecule has 0 spiro atoms. The molecule has 2 heterocycles. The second-order valence-corrected chi connectivity index (χ2v) is 7.01. The first kappa shape index (κ1) is 17.7. The number of rotatable bonds is 7. The Labute approximate surface area is 145 Å². The third-order valence-corrected chi connectivity index (χ3v) is 5.21. The van der Waals surface area contributed by atoms with E-state index in [2.05, 4.69) is 53.4 Å². The molecule has 0 amide bonds. The lowest BCUT2D eigenvalue weighted by molar-refractivity contribution is 0.0322. The normalized spacial score (nSPS) is 25.9. The summed E-state index contributed by atoms with van der Waals surface area (Å²) in [6.07, 6.45) is 1.22. The van der Waals surface area contributed by atoms with Crippen molar-refractivity contribution >= 4 is 0 Å². The fourth-order valence-electron chi connectivity index (χ4n) is 3.50. The molecule has 2 unspecified atom stereocenters. The molecule has 0 aliphatic carbocycles. The number of benzene rings is 1. The lowest BCUT2D eigenvalue weighted by atomic mass is 10.1. The Morgan fingerprint density at radius 1 is 1.25 bits per heavy atom. The summed E-state index contributed by atoms with van der Waals surface area (Å²) in [5, 5.41) is 3.69. The molecule has 5 nitrogen and oxygen atoms in total. The molecule has 2 fully saturated rings. The zero-order chi connectivity index (χ0) is 16.8. The topological polar surface area (TPSA) is 37.0 Å². The van der Waals surface area contributed by atoms with Gasteiger partial charge in [-0.15, -0.1) is 0 Å². The van der Waals surface area contributed by atoms with Gasteiger partial charge >= 0.3 is 0 Å². The maximum atomic E-state index is 6.06. The molecule has 1 aromatic carbocycles. The molecular formula is C19H31N3O2. The number of hydrogen-bond acceptors (Lipinski definition) is 5. The van der Waals surface area contributed by atoms with Crippen molar-refractivity contribution in [2.24, 2.45) is 0 Å². The quantitative estimate of drug-likeness (QED) is 0.820. The standard InChI is InChI=1S/C19H31N3O2/c1-16-13-18(15-21(16)2)20-14-17-5-3-4-6-19(17)24-12-9-22-7-10-23-11-8-22/h3-6,16,18,20H,7-15H2,1-2H3. The molecule has 2 atom stereocenters. The van der Waals surface area contributed by atoms with Crippen LogP contribution < -0.4 is 10.1 Å². The maximum absolute atomic E-state index is 6.06. The number of hydrogen-bond donors (Lipinski definition) is 1. The van der Waals surface area contributed by atoms with E-state index >= 15 is 0 Å². The van der Waals surface area contributed by atoms with E-state index in [9.17, 15) is 0 Å². The molecule has 0 bridgehead atoms. The Morgan fingerprint density at radius 2 is 2.04 bits per heavy atom. The van der Waals surface area contributed by atoms with Crippen LogP contribution in [0.15, 0.2) is 24.3 Å². The second-order valence-electron chi connectivity index (χ2n) is 7.01. The first-order chi connectivity index (χ1) is 11.7. The van der Waals surface area contributed by atoms with Gasteiger partial charge in [-0.3, -0.25) is 4.90 Å². The van der Waals surface area contributed by atoms with Crippen molar-refractivity contribution in [3.05, 3.63) is 29.8 Å². The highest BCUT2D eigenvalue weighted by Crippen LogP contribution is 2.20. The third kappa shape index (κ3) is 4.93. The Balaban J connectivity index is 1.45.